The molecule has 0 saturated heterocycles. The summed E-state index contributed by atoms with van der Waals surface area (Å²) in [5.74, 6) is 2.54. The maximum Gasteiger partial charge on any atom is 0.159 e. The van der Waals surface area contributed by atoms with Gasteiger partial charge in [0.15, 0.2) is 5.78 Å². The summed E-state index contributed by atoms with van der Waals surface area (Å²) in [7, 11) is 0. The number of ketones is 1. The quantitative estimate of drug-likeness (QED) is 0.691. The lowest BCUT2D eigenvalue weighted by Gasteiger charge is -2.56. The third kappa shape index (κ3) is 1.72. The Morgan fingerprint density at radius 3 is 2.81 bits per heavy atom. The highest BCUT2D eigenvalue weighted by Gasteiger charge is 2.57. The van der Waals surface area contributed by atoms with Crippen molar-refractivity contribution in [1.29, 1.82) is 0 Å². The van der Waals surface area contributed by atoms with E-state index in [2.05, 4.69) is 26.0 Å². The largest absolute Gasteiger partial charge is 0.327 e. The van der Waals surface area contributed by atoms with Crippen LogP contribution in [0.2, 0.25) is 0 Å². The van der Waals surface area contributed by atoms with Gasteiger partial charge in [-0.2, -0.15) is 0 Å². The number of rotatable bonds is 0. The summed E-state index contributed by atoms with van der Waals surface area (Å²) < 4.78 is 0. The Labute approximate surface area is 127 Å². The summed E-state index contributed by atoms with van der Waals surface area (Å²) >= 11 is 0. The predicted molar refractivity (Wildman–Crippen MR) is 84.6 cm³/mol. The molecule has 4 rings (SSSR count). The molecule has 0 spiro atoms. The zero-order chi connectivity index (χ0) is 14.8. The number of fused-ring (bicyclic) bond motifs is 5. The number of allylic oxidation sites excluding steroid dienone is 4. The fourth-order valence-corrected chi connectivity index (χ4v) is 6.14. The van der Waals surface area contributed by atoms with Crippen LogP contribution in [0.1, 0.15) is 52.4 Å². The molecule has 0 aromatic rings. The monoisotopic (exact) mass is 285 g/mol. The van der Waals surface area contributed by atoms with E-state index >= 15 is 0 Å². The van der Waals surface area contributed by atoms with Crippen molar-refractivity contribution in [2.75, 3.05) is 0 Å². The molecular weight excluding hydrogens is 258 g/mol. The van der Waals surface area contributed by atoms with Gasteiger partial charge in [-0.25, -0.2) is 0 Å². The molecule has 2 heteroatoms. The minimum absolute atomic E-state index is 0.130. The van der Waals surface area contributed by atoms with Crippen molar-refractivity contribution in [1.82, 2.24) is 0 Å². The van der Waals surface area contributed by atoms with E-state index in [1.54, 1.807) is 0 Å². The minimum Gasteiger partial charge on any atom is -0.327 e. The van der Waals surface area contributed by atoms with Crippen molar-refractivity contribution in [3.8, 4) is 0 Å². The molecule has 2 saturated carbocycles. The van der Waals surface area contributed by atoms with E-state index < -0.39 is 0 Å². The zero-order valence-corrected chi connectivity index (χ0v) is 13.3. The first-order chi connectivity index (χ1) is 9.95. The molecule has 114 valence electrons. The number of carbonyl (C=O) groups is 1. The van der Waals surface area contributed by atoms with Gasteiger partial charge < -0.3 is 5.73 Å². The Balaban J connectivity index is 1.72. The van der Waals surface area contributed by atoms with E-state index in [1.165, 1.54) is 37.7 Å². The Hall–Kier alpha value is -0.890. The molecule has 0 bridgehead atoms. The predicted octanol–water partition coefficient (Wildman–Crippen LogP) is 3.62. The van der Waals surface area contributed by atoms with E-state index in [9.17, 15) is 4.79 Å². The summed E-state index contributed by atoms with van der Waals surface area (Å²) in [5, 5.41) is 0. The highest BCUT2D eigenvalue weighted by Crippen LogP contribution is 2.63. The van der Waals surface area contributed by atoms with Gasteiger partial charge in [-0.05, 0) is 61.3 Å². The van der Waals surface area contributed by atoms with Gasteiger partial charge >= 0.3 is 0 Å². The molecule has 0 heterocycles. The minimum atomic E-state index is 0.130. The van der Waals surface area contributed by atoms with Crippen molar-refractivity contribution in [2.45, 2.75) is 58.4 Å². The van der Waals surface area contributed by atoms with Crippen LogP contribution in [-0.2, 0) is 4.79 Å². The molecule has 6 atom stereocenters. The van der Waals surface area contributed by atoms with Gasteiger partial charge in [0, 0.05) is 17.9 Å². The summed E-state index contributed by atoms with van der Waals surface area (Å²) in [4.78, 5) is 11.8. The Bertz CT molecular complexity index is 548. The summed E-state index contributed by atoms with van der Waals surface area (Å²) in [6.07, 6.45) is 13.3. The molecule has 2 fully saturated rings. The van der Waals surface area contributed by atoms with Gasteiger partial charge in [0.05, 0.1) is 0 Å². The average Bonchev–Trinajstić information content (AvgIpc) is 2.76. The highest BCUT2D eigenvalue weighted by atomic mass is 16.1. The van der Waals surface area contributed by atoms with E-state index in [0.29, 0.717) is 23.8 Å². The first kappa shape index (κ1) is 13.8. The second kappa shape index (κ2) is 4.32. The summed E-state index contributed by atoms with van der Waals surface area (Å²) in [6, 6.07) is 0.394. The van der Waals surface area contributed by atoms with Gasteiger partial charge in [-0.15, -0.1) is 0 Å². The number of hydrogen-bond donors (Lipinski definition) is 1. The SMILES string of the molecule is C[C@]12C=CC(=O)CC1=CC[C@@H]1[C@H]2CC[C@]2(C)C(N)CC[C@@H]12. The lowest BCUT2D eigenvalue weighted by Crippen LogP contribution is -2.51. The van der Waals surface area contributed by atoms with Crippen LogP contribution in [0.5, 0.6) is 0 Å². The Morgan fingerprint density at radius 2 is 2.00 bits per heavy atom. The molecule has 4 aliphatic carbocycles. The Morgan fingerprint density at radius 1 is 1.19 bits per heavy atom. The van der Waals surface area contributed by atoms with Crippen molar-refractivity contribution < 1.29 is 4.79 Å². The zero-order valence-electron chi connectivity index (χ0n) is 13.3. The fraction of sp³-hybridized carbons (Fsp3) is 0.737. The van der Waals surface area contributed by atoms with Crippen LogP contribution < -0.4 is 5.73 Å². The van der Waals surface area contributed by atoms with E-state index in [-0.39, 0.29) is 11.2 Å². The van der Waals surface area contributed by atoms with E-state index in [1.807, 2.05) is 6.08 Å². The normalized spacial score (nSPS) is 52.0. The van der Waals surface area contributed by atoms with Gasteiger partial charge in [-0.3, -0.25) is 4.79 Å². The molecule has 4 aliphatic rings. The maximum atomic E-state index is 11.8. The van der Waals surface area contributed by atoms with Crippen molar-refractivity contribution >= 4 is 5.78 Å². The molecule has 1 unspecified atom stereocenters. The number of hydrogen-bond acceptors (Lipinski definition) is 2. The lowest BCUT2D eigenvalue weighted by atomic mass is 9.49. The van der Waals surface area contributed by atoms with Gasteiger partial charge in [0.25, 0.3) is 0 Å². The molecule has 0 amide bonds. The van der Waals surface area contributed by atoms with Crippen LogP contribution in [0.25, 0.3) is 0 Å². The van der Waals surface area contributed by atoms with Crippen molar-refractivity contribution in [2.24, 2.45) is 34.3 Å². The standard InChI is InChI=1S/C19H27NO/c1-18-9-7-13(21)11-12(18)3-4-14-15-5-6-17(20)19(15,2)10-8-16(14)18/h3,7,9,14-17H,4-6,8,10-11,20H2,1-2H3/t14-,15-,16+,17?,18-,19-/m0/s1. The van der Waals surface area contributed by atoms with E-state index in [4.69, 9.17) is 5.73 Å². The maximum absolute atomic E-state index is 11.8. The van der Waals surface area contributed by atoms with Crippen molar-refractivity contribution in [3.63, 3.8) is 0 Å². The van der Waals surface area contributed by atoms with Gasteiger partial charge in [0.2, 0.25) is 0 Å². The van der Waals surface area contributed by atoms with Crippen LogP contribution in [0.15, 0.2) is 23.8 Å². The van der Waals surface area contributed by atoms with Crippen LogP contribution in [0.4, 0.5) is 0 Å². The number of nitrogens with two attached hydrogens (primary N) is 1. The fourth-order valence-electron chi connectivity index (χ4n) is 6.14. The first-order valence-electron chi connectivity index (χ1n) is 8.62. The molecule has 0 radical (unpaired) electrons. The lowest BCUT2D eigenvalue weighted by molar-refractivity contribution is -0.115. The topological polar surface area (TPSA) is 43.1 Å². The molecule has 0 aromatic heterocycles. The molecule has 0 aromatic carbocycles. The second-order valence-corrected chi connectivity index (χ2v) is 8.33. The van der Waals surface area contributed by atoms with Gasteiger partial charge in [-0.1, -0.05) is 31.6 Å². The van der Waals surface area contributed by atoms with Crippen LogP contribution in [-0.4, -0.2) is 11.8 Å². The van der Waals surface area contributed by atoms with E-state index in [0.717, 1.165) is 11.8 Å². The smallest absolute Gasteiger partial charge is 0.159 e. The number of carbonyl (C=O) groups excluding carboxylic acids is 1. The summed E-state index contributed by atoms with van der Waals surface area (Å²) in [5.41, 5.74) is 8.33. The molecule has 2 N–H and O–H groups in total. The Kier molecular flexibility index (Phi) is 2.83. The highest BCUT2D eigenvalue weighted by molar-refractivity contribution is 5.93. The molecule has 21 heavy (non-hydrogen) atoms. The first-order valence-corrected chi connectivity index (χ1v) is 8.62. The third-order valence-electron chi connectivity index (χ3n) is 7.59. The third-order valence-corrected chi connectivity index (χ3v) is 7.59. The molecule has 0 aliphatic heterocycles. The second-order valence-electron chi connectivity index (χ2n) is 8.33. The van der Waals surface area contributed by atoms with Gasteiger partial charge in [0.1, 0.15) is 0 Å². The average molecular weight is 285 g/mol. The van der Waals surface area contributed by atoms with Crippen LogP contribution in [0, 0.1) is 28.6 Å². The van der Waals surface area contributed by atoms with Crippen LogP contribution in [0.3, 0.4) is 0 Å². The molecular formula is C19H27NO. The molecule has 2 nitrogen and oxygen atoms in total. The summed E-state index contributed by atoms with van der Waals surface area (Å²) in [6.45, 7) is 4.81. The van der Waals surface area contributed by atoms with Crippen molar-refractivity contribution in [3.05, 3.63) is 23.8 Å². The van der Waals surface area contributed by atoms with Crippen LogP contribution >= 0.6 is 0 Å².